The summed E-state index contributed by atoms with van der Waals surface area (Å²) >= 11 is 0. The van der Waals surface area contributed by atoms with Gasteiger partial charge in [0.15, 0.2) is 5.76 Å². The molecule has 0 spiro atoms. The highest BCUT2D eigenvalue weighted by Gasteiger charge is 2.31. The van der Waals surface area contributed by atoms with E-state index in [2.05, 4.69) is 21.1 Å². The zero-order valence-electron chi connectivity index (χ0n) is 29.3. The number of aromatic nitrogens is 1. The molecule has 4 N–H and O–H groups in total. The van der Waals surface area contributed by atoms with Gasteiger partial charge in [0.05, 0.1) is 30.4 Å². The maximum Gasteiger partial charge on any atom is 0.323 e. The van der Waals surface area contributed by atoms with Gasteiger partial charge in [-0.25, -0.2) is 9.59 Å². The molecular weight excluding hydrogens is 616 g/mol. The molecule has 1 aliphatic carbocycles. The van der Waals surface area contributed by atoms with Gasteiger partial charge in [0.1, 0.15) is 17.1 Å². The van der Waals surface area contributed by atoms with Gasteiger partial charge in [-0.2, -0.15) is 0 Å². The molecule has 1 saturated carbocycles. The Kier molecular flexibility index (Phi) is 13.5. The van der Waals surface area contributed by atoms with Crippen LogP contribution in [-0.4, -0.2) is 95.7 Å². The minimum atomic E-state index is -0.523. The first-order chi connectivity index (χ1) is 23.0. The van der Waals surface area contributed by atoms with Crippen molar-refractivity contribution >= 4 is 29.3 Å². The molecule has 13 heteroatoms. The van der Waals surface area contributed by atoms with Crippen LogP contribution in [0, 0.1) is 19.8 Å². The maximum absolute atomic E-state index is 14.4. The number of fused-ring (bicyclic) bond motifs is 1. The van der Waals surface area contributed by atoms with E-state index in [1.165, 1.54) is 6.42 Å². The second kappa shape index (κ2) is 17.5. The lowest BCUT2D eigenvalue weighted by atomic mass is 9.96. The zero-order chi connectivity index (χ0) is 34.8. The van der Waals surface area contributed by atoms with E-state index in [4.69, 9.17) is 14.0 Å². The average Bonchev–Trinajstić information content (AvgIpc) is 3.38. The van der Waals surface area contributed by atoms with Crippen molar-refractivity contribution in [3.63, 3.8) is 0 Å². The third-order valence-corrected chi connectivity index (χ3v) is 9.31. The van der Waals surface area contributed by atoms with Gasteiger partial charge in [-0.15, -0.1) is 0 Å². The van der Waals surface area contributed by atoms with E-state index in [1.807, 2.05) is 13.8 Å². The molecule has 13 nitrogen and oxygen atoms in total. The third kappa shape index (κ3) is 10.1. The molecule has 2 aromatic rings. The molecule has 4 rings (SSSR count). The van der Waals surface area contributed by atoms with Crippen LogP contribution in [0.2, 0.25) is 0 Å². The molecule has 0 saturated heterocycles. The topological polar surface area (TPSA) is 158 Å². The number of nitrogens with one attached hydrogen (secondary N) is 3. The van der Waals surface area contributed by atoms with Crippen molar-refractivity contribution in [3.8, 4) is 5.75 Å². The molecular formula is C35H54N6O7. The minimum absolute atomic E-state index is 0.118. The number of anilines is 2. The number of benzene rings is 1. The van der Waals surface area contributed by atoms with Crippen molar-refractivity contribution in [3.05, 3.63) is 35.2 Å². The number of ether oxygens (including phenoxy) is 2. The second-order valence-corrected chi connectivity index (χ2v) is 13.5. The number of amides is 5. The molecule has 1 aromatic heterocycles. The Morgan fingerprint density at radius 1 is 1.08 bits per heavy atom. The van der Waals surface area contributed by atoms with Gasteiger partial charge in [0, 0.05) is 44.4 Å². The lowest BCUT2D eigenvalue weighted by molar-refractivity contribution is -0.0123. The van der Waals surface area contributed by atoms with Crippen LogP contribution in [0.5, 0.6) is 5.75 Å². The number of aliphatic hydroxyl groups is 1. The molecule has 2 aliphatic rings. The van der Waals surface area contributed by atoms with Gasteiger partial charge < -0.3 is 44.9 Å². The molecule has 1 aromatic carbocycles. The average molecular weight is 671 g/mol. The number of likely N-dealkylation sites (N-methyl/N-ethyl adjacent to an activating group) is 1. The summed E-state index contributed by atoms with van der Waals surface area (Å²) < 4.78 is 17.8. The normalized spacial score (nSPS) is 22.1. The summed E-state index contributed by atoms with van der Waals surface area (Å²) in [6.45, 7) is 10.1. The Labute approximate surface area is 284 Å². The van der Waals surface area contributed by atoms with Crippen LogP contribution < -0.4 is 20.7 Å². The summed E-state index contributed by atoms with van der Waals surface area (Å²) in [4.78, 5) is 43.7. The van der Waals surface area contributed by atoms with E-state index in [0.717, 1.165) is 44.9 Å². The Morgan fingerprint density at radius 3 is 2.50 bits per heavy atom. The van der Waals surface area contributed by atoms with Gasteiger partial charge >= 0.3 is 12.1 Å². The Balaban J connectivity index is 1.57. The number of hydrogen-bond acceptors (Lipinski definition) is 8. The maximum atomic E-state index is 14.4. The third-order valence-electron chi connectivity index (χ3n) is 9.31. The predicted molar refractivity (Wildman–Crippen MR) is 184 cm³/mol. The first kappa shape index (κ1) is 37.0. The fourth-order valence-electron chi connectivity index (χ4n) is 6.28. The number of carbonyl (C=O) groups excluding carboxylic acids is 3. The molecule has 0 unspecified atom stereocenters. The Morgan fingerprint density at radius 2 is 1.81 bits per heavy atom. The number of nitrogens with zero attached hydrogens (tertiary/aromatic N) is 3. The first-order valence-corrected chi connectivity index (χ1v) is 17.3. The smallest absolute Gasteiger partial charge is 0.323 e. The SMILES string of the molecule is Cc1noc(C)c1NC(=O)Nc1ccc2c(c1)C(=O)N([C@H](C)CO)C[C@H](C)[C@@H](CN(C)C(=O)NC1CCCCC1)OCCCC[C@H](C)O2. The summed E-state index contributed by atoms with van der Waals surface area (Å²) in [5, 5.41) is 22.8. The van der Waals surface area contributed by atoms with Gasteiger partial charge in [-0.3, -0.25) is 4.79 Å². The fourth-order valence-corrected chi connectivity index (χ4v) is 6.28. The lowest BCUT2D eigenvalue weighted by Gasteiger charge is -2.36. The van der Waals surface area contributed by atoms with Crippen molar-refractivity contribution in [1.82, 2.24) is 20.3 Å². The van der Waals surface area contributed by atoms with Crippen LogP contribution in [-0.2, 0) is 4.74 Å². The minimum Gasteiger partial charge on any atom is -0.490 e. The van der Waals surface area contributed by atoms with E-state index < -0.39 is 12.1 Å². The monoisotopic (exact) mass is 670 g/mol. The number of urea groups is 2. The van der Waals surface area contributed by atoms with Crippen molar-refractivity contribution in [2.45, 2.75) is 110 Å². The summed E-state index contributed by atoms with van der Waals surface area (Å²) in [7, 11) is 1.78. The lowest BCUT2D eigenvalue weighted by Crippen LogP contribution is -2.50. The molecule has 2 heterocycles. The number of aryl methyl sites for hydroxylation is 2. The van der Waals surface area contributed by atoms with Crippen LogP contribution in [0.15, 0.2) is 22.7 Å². The first-order valence-electron chi connectivity index (χ1n) is 17.3. The molecule has 266 valence electrons. The summed E-state index contributed by atoms with van der Waals surface area (Å²) in [5.41, 5.74) is 1.68. The molecule has 0 bridgehead atoms. The zero-order valence-corrected chi connectivity index (χ0v) is 29.3. The van der Waals surface area contributed by atoms with Crippen LogP contribution in [0.3, 0.4) is 0 Å². The number of carbonyl (C=O) groups is 3. The Bertz CT molecular complexity index is 1360. The van der Waals surface area contributed by atoms with Gasteiger partial charge in [0.2, 0.25) is 0 Å². The van der Waals surface area contributed by atoms with E-state index >= 15 is 0 Å². The summed E-state index contributed by atoms with van der Waals surface area (Å²) in [6.07, 6.45) is 7.37. The molecule has 4 atom stereocenters. The van der Waals surface area contributed by atoms with E-state index in [-0.39, 0.29) is 54.8 Å². The van der Waals surface area contributed by atoms with Crippen molar-refractivity contribution in [1.29, 1.82) is 0 Å². The molecule has 1 aliphatic heterocycles. The van der Waals surface area contributed by atoms with Crippen molar-refractivity contribution < 1.29 is 33.5 Å². The van der Waals surface area contributed by atoms with Crippen molar-refractivity contribution in [2.75, 3.05) is 44.0 Å². The fraction of sp³-hybridized carbons (Fsp3) is 0.657. The standard InChI is InChI=1S/C35H54N6O7/c1-22-19-41(23(2)21-42)33(43)29-18-28(36-34(44)38-32-25(4)39-48-26(32)5)15-16-30(29)47-24(3)12-10-11-17-46-31(22)20-40(6)35(45)37-27-13-8-7-9-14-27/h15-16,18,22-24,27,31,42H,7-14,17,19-21H2,1-6H3,(H,37,45)(H2,36,38,44)/t22-,23+,24-,31+/m0/s1. The highest BCUT2D eigenvalue weighted by Crippen LogP contribution is 2.29. The van der Waals surface area contributed by atoms with Gasteiger partial charge in [-0.05, 0) is 78.0 Å². The van der Waals surface area contributed by atoms with Crippen LogP contribution >= 0.6 is 0 Å². The molecule has 48 heavy (non-hydrogen) atoms. The quantitative estimate of drug-likeness (QED) is 0.292. The van der Waals surface area contributed by atoms with Crippen LogP contribution in [0.25, 0.3) is 0 Å². The number of aliphatic hydroxyl groups excluding tert-OH is 1. The molecule has 0 radical (unpaired) electrons. The highest BCUT2D eigenvalue weighted by molar-refractivity contribution is 6.03. The van der Waals surface area contributed by atoms with E-state index in [0.29, 0.717) is 41.7 Å². The Hall–Kier alpha value is -3.84. The molecule has 5 amide bonds. The van der Waals surface area contributed by atoms with Crippen LogP contribution in [0.4, 0.5) is 21.0 Å². The summed E-state index contributed by atoms with van der Waals surface area (Å²) in [5.74, 6) is 0.349. The van der Waals surface area contributed by atoms with E-state index in [9.17, 15) is 19.5 Å². The molecule has 1 fully saturated rings. The highest BCUT2D eigenvalue weighted by atomic mass is 16.5. The second-order valence-electron chi connectivity index (χ2n) is 13.5. The largest absolute Gasteiger partial charge is 0.490 e. The van der Waals surface area contributed by atoms with Crippen LogP contribution in [0.1, 0.15) is 93.9 Å². The van der Waals surface area contributed by atoms with Gasteiger partial charge in [0.25, 0.3) is 5.91 Å². The predicted octanol–water partition coefficient (Wildman–Crippen LogP) is 5.71. The number of hydrogen-bond donors (Lipinski definition) is 4. The van der Waals surface area contributed by atoms with Crippen molar-refractivity contribution in [2.24, 2.45) is 5.92 Å². The summed E-state index contributed by atoms with van der Waals surface area (Å²) in [6, 6.07) is 4.02. The van der Waals surface area contributed by atoms with Gasteiger partial charge in [-0.1, -0.05) is 31.3 Å². The van der Waals surface area contributed by atoms with E-state index in [1.54, 1.807) is 55.8 Å². The number of rotatable bonds is 7.